The molecule has 0 spiro atoms. The first kappa shape index (κ1) is 27.5. The molecule has 1 aliphatic heterocycles. The van der Waals surface area contributed by atoms with Crippen LogP contribution in [0.4, 0.5) is 5.69 Å². The number of fused-ring (bicyclic) bond motifs is 1. The molecule has 0 aliphatic carbocycles. The normalized spacial score (nSPS) is 13.9. The molecule has 0 saturated carbocycles. The van der Waals surface area contributed by atoms with Crippen LogP contribution in [-0.2, 0) is 32.5 Å². The second-order valence-electron chi connectivity index (χ2n) is 9.01. The van der Waals surface area contributed by atoms with E-state index in [9.17, 15) is 18.0 Å². The fraction of sp³-hybridized carbons (Fsp3) is 0.462. The van der Waals surface area contributed by atoms with Gasteiger partial charge in [-0.2, -0.15) is 4.72 Å². The number of methoxy groups -OCH3 is 2. The van der Waals surface area contributed by atoms with E-state index in [2.05, 4.69) is 10.0 Å². The lowest BCUT2D eigenvalue weighted by Crippen LogP contribution is -2.49. The van der Waals surface area contributed by atoms with E-state index in [-0.39, 0.29) is 16.7 Å². The molecule has 2 aromatic rings. The zero-order valence-electron chi connectivity index (χ0n) is 21.5. The maximum Gasteiger partial charge on any atom is 0.241 e. The molecule has 3 rings (SSSR count). The number of hydrogen-bond acceptors (Lipinski definition) is 6. The summed E-state index contributed by atoms with van der Waals surface area (Å²) in [6.07, 6.45) is 1.52. The molecule has 2 N–H and O–H groups in total. The predicted octanol–water partition coefficient (Wildman–Crippen LogP) is 2.66. The average Bonchev–Trinajstić information content (AvgIpc) is 3.30. The highest BCUT2D eigenvalue weighted by Crippen LogP contribution is 2.31. The van der Waals surface area contributed by atoms with Gasteiger partial charge in [-0.05, 0) is 60.2 Å². The Balaban J connectivity index is 1.66. The van der Waals surface area contributed by atoms with Gasteiger partial charge in [0, 0.05) is 25.2 Å². The molecule has 0 saturated heterocycles. The lowest BCUT2D eigenvalue weighted by atomic mass is 10.0. The molecule has 0 radical (unpaired) electrons. The number of amides is 2. The third-order valence-electron chi connectivity index (χ3n) is 6.25. The Morgan fingerprint density at radius 1 is 1.06 bits per heavy atom. The molecule has 0 unspecified atom stereocenters. The van der Waals surface area contributed by atoms with Crippen LogP contribution in [0.25, 0.3) is 0 Å². The lowest BCUT2D eigenvalue weighted by Gasteiger charge is -2.22. The summed E-state index contributed by atoms with van der Waals surface area (Å²) < 4.78 is 39.4. The Labute approximate surface area is 213 Å². The van der Waals surface area contributed by atoms with Gasteiger partial charge in [0.2, 0.25) is 21.8 Å². The van der Waals surface area contributed by atoms with Crippen LogP contribution in [0.5, 0.6) is 11.5 Å². The van der Waals surface area contributed by atoms with Crippen LogP contribution < -0.4 is 24.4 Å². The summed E-state index contributed by atoms with van der Waals surface area (Å²) in [4.78, 5) is 26.8. The van der Waals surface area contributed by atoms with Crippen molar-refractivity contribution in [3.8, 4) is 11.5 Å². The quantitative estimate of drug-likeness (QED) is 0.474. The number of hydrogen-bond donors (Lipinski definition) is 2. The zero-order valence-corrected chi connectivity index (χ0v) is 22.3. The van der Waals surface area contributed by atoms with Gasteiger partial charge >= 0.3 is 0 Å². The number of ether oxygens (including phenoxy) is 2. The minimum absolute atomic E-state index is 0.00658. The Morgan fingerprint density at radius 3 is 2.42 bits per heavy atom. The van der Waals surface area contributed by atoms with Gasteiger partial charge in [0.15, 0.2) is 11.5 Å². The molecule has 196 valence electrons. The number of anilines is 1. The van der Waals surface area contributed by atoms with Crippen LogP contribution in [0.3, 0.4) is 0 Å². The fourth-order valence-corrected chi connectivity index (χ4v) is 5.59. The molecule has 2 amide bonds. The van der Waals surface area contributed by atoms with E-state index in [0.29, 0.717) is 43.9 Å². The number of carbonyl (C=O) groups is 2. The van der Waals surface area contributed by atoms with Crippen LogP contribution in [0, 0.1) is 5.92 Å². The molecular formula is C26H35N3O6S. The van der Waals surface area contributed by atoms with Gasteiger partial charge < -0.3 is 19.7 Å². The van der Waals surface area contributed by atoms with Gasteiger partial charge in [0.05, 0.1) is 19.1 Å². The van der Waals surface area contributed by atoms with Crippen molar-refractivity contribution in [1.29, 1.82) is 0 Å². The number of sulfonamides is 1. The summed E-state index contributed by atoms with van der Waals surface area (Å²) in [7, 11) is -0.828. The van der Waals surface area contributed by atoms with E-state index >= 15 is 0 Å². The number of carbonyl (C=O) groups excluding carboxylic acids is 2. The van der Waals surface area contributed by atoms with Crippen molar-refractivity contribution in [2.24, 2.45) is 5.92 Å². The summed E-state index contributed by atoms with van der Waals surface area (Å²) in [5.74, 6) is 0.566. The summed E-state index contributed by atoms with van der Waals surface area (Å²) in [6.45, 7) is 6.25. The summed E-state index contributed by atoms with van der Waals surface area (Å²) in [5.41, 5.74) is 2.50. The first-order valence-corrected chi connectivity index (χ1v) is 13.5. The molecule has 1 heterocycles. The maximum atomic E-state index is 13.2. The summed E-state index contributed by atoms with van der Waals surface area (Å²) >= 11 is 0. The van der Waals surface area contributed by atoms with Crippen LogP contribution in [0.2, 0.25) is 0 Å². The zero-order chi connectivity index (χ0) is 26.5. The van der Waals surface area contributed by atoms with E-state index in [1.807, 2.05) is 12.1 Å². The van der Waals surface area contributed by atoms with E-state index < -0.39 is 22.0 Å². The van der Waals surface area contributed by atoms with E-state index in [4.69, 9.17) is 9.47 Å². The molecule has 2 aromatic carbocycles. The van der Waals surface area contributed by atoms with Crippen LogP contribution >= 0.6 is 0 Å². The van der Waals surface area contributed by atoms with Gasteiger partial charge in [-0.1, -0.05) is 26.8 Å². The third kappa shape index (κ3) is 6.17. The first-order chi connectivity index (χ1) is 17.1. The molecule has 0 aromatic heterocycles. The van der Waals surface area contributed by atoms with E-state index in [1.54, 1.807) is 58.1 Å². The second-order valence-corrected chi connectivity index (χ2v) is 10.7. The first-order valence-electron chi connectivity index (χ1n) is 12.1. The minimum Gasteiger partial charge on any atom is -0.493 e. The van der Waals surface area contributed by atoms with E-state index in [0.717, 1.165) is 16.8 Å². The highest BCUT2D eigenvalue weighted by molar-refractivity contribution is 7.89. The van der Waals surface area contributed by atoms with Gasteiger partial charge in [0.25, 0.3) is 0 Å². The van der Waals surface area contributed by atoms with Gasteiger partial charge in [-0.3, -0.25) is 9.59 Å². The molecule has 36 heavy (non-hydrogen) atoms. The smallest absolute Gasteiger partial charge is 0.241 e. The van der Waals surface area contributed by atoms with Crippen molar-refractivity contribution < 1.29 is 27.5 Å². The molecular weight excluding hydrogens is 482 g/mol. The molecule has 10 heteroatoms. The minimum atomic E-state index is -3.95. The lowest BCUT2D eigenvalue weighted by molar-refractivity contribution is -0.123. The Bertz CT molecular complexity index is 1210. The standard InChI is InChI=1S/C26H35N3O6S/c1-6-24(30)29-14-12-19-16-20(8-9-21(19)29)36(32,33)28-25(17(2)3)26(31)27-13-11-18-7-10-22(34-4)23(15-18)35-5/h7-10,15-17,25,28H,6,11-14H2,1-5H3,(H,27,31)/t25-/m0/s1. The van der Waals surface area contributed by atoms with Crippen molar-refractivity contribution in [2.45, 2.75) is 51.0 Å². The molecule has 1 atom stereocenters. The van der Waals surface area contributed by atoms with Crippen LogP contribution in [0.1, 0.15) is 38.3 Å². The fourth-order valence-electron chi connectivity index (χ4n) is 4.20. The highest BCUT2D eigenvalue weighted by Gasteiger charge is 2.30. The SMILES string of the molecule is CCC(=O)N1CCc2cc(S(=O)(=O)N[C@H](C(=O)NCCc3ccc(OC)c(OC)c3)C(C)C)ccc21. The van der Waals surface area contributed by atoms with Crippen molar-refractivity contribution in [3.63, 3.8) is 0 Å². The topological polar surface area (TPSA) is 114 Å². The van der Waals surface area contributed by atoms with Crippen molar-refractivity contribution in [2.75, 3.05) is 32.2 Å². The van der Waals surface area contributed by atoms with Crippen molar-refractivity contribution >= 4 is 27.5 Å². The Hall–Kier alpha value is -3.11. The van der Waals surface area contributed by atoms with Crippen LogP contribution in [-0.4, -0.2) is 53.6 Å². The summed E-state index contributed by atoms with van der Waals surface area (Å²) in [6, 6.07) is 9.33. The molecule has 1 aliphatic rings. The molecule has 0 bridgehead atoms. The number of rotatable bonds is 11. The third-order valence-corrected chi connectivity index (χ3v) is 7.69. The highest BCUT2D eigenvalue weighted by atomic mass is 32.2. The largest absolute Gasteiger partial charge is 0.493 e. The van der Waals surface area contributed by atoms with Gasteiger partial charge in [-0.15, -0.1) is 0 Å². The van der Waals surface area contributed by atoms with Crippen molar-refractivity contribution in [1.82, 2.24) is 10.0 Å². The van der Waals surface area contributed by atoms with Gasteiger partial charge in [0.1, 0.15) is 6.04 Å². The molecule has 9 nitrogen and oxygen atoms in total. The Kier molecular flexibility index (Phi) is 8.97. The molecule has 0 fully saturated rings. The van der Waals surface area contributed by atoms with Gasteiger partial charge in [-0.25, -0.2) is 8.42 Å². The summed E-state index contributed by atoms with van der Waals surface area (Å²) in [5, 5.41) is 2.84. The number of nitrogens with one attached hydrogen (secondary N) is 2. The van der Waals surface area contributed by atoms with E-state index in [1.165, 1.54) is 6.07 Å². The monoisotopic (exact) mass is 517 g/mol. The Morgan fingerprint density at radius 2 is 1.78 bits per heavy atom. The van der Waals surface area contributed by atoms with Crippen LogP contribution in [0.15, 0.2) is 41.3 Å². The van der Waals surface area contributed by atoms with Crippen molar-refractivity contribution in [3.05, 3.63) is 47.5 Å². The number of nitrogens with zero attached hydrogens (tertiary/aromatic N) is 1. The average molecular weight is 518 g/mol. The predicted molar refractivity (Wildman–Crippen MR) is 138 cm³/mol. The second kappa shape index (κ2) is 11.7. The maximum absolute atomic E-state index is 13.2. The number of benzene rings is 2.